The van der Waals surface area contributed by atoms with E-state index in [1.165, 1.54) is 17.7 Å². The number of fused-ring (bicyclic) bond motifs is 1. The molecule has 5 nitrogen and oxygen atoms in total. The summed E-state index contributed by atoms with van der Waals surface area (Å²) in [6.07, 6.45) is 2.38. The predicted octanol–water partition coefficient (Wildman–Crippen LogP) is 2.03. The zero-order chi connectivity index (χ0) is 16.2. The summed E-state index contributed by atoms with van der Waals surface area (Å²) in [4.78, 5) is 28.4. The molecule has 1 fully saturated rings. The van der Waals surface area contributed by atoms with E-state index in [2.05, 4.69) is 17.1 Å². The molecule has 0 radical (unpaired) electrons. The summed E-state index contributed by atoms with van der Waals surface area (Å²) in [7, 11) is 0. The maximum Gasteiger partial charge on any atom is 0.261 e. The van der Waals surface area contributed by atoms with Gasteiger partial charge < -0.3 is 10.2 Å². The van der Waals surface area contributed by atoms with Crippen molar-refractivity contribution in [1.29, 1.82) is 0 Å². The number of hydrogen-bond donors (Lipinski definition) is 1. The van der Waals surface area contributed by atoms with Crippen molar-refractivity contribution in [2.45, 2.75) is 19.8 Å². The number of imide groups is 1. The first-order chi connectivity index (χ1) is 11.2. The van der Waals surface area contributed by atoms with Gasteiger partial charge in [0.05, 0.1) is 11.1 Å². The van der Waals surface area contributed by atoms with Crippen LogP contribution in [-0.2, 0) is 0 Å². The van der Waals surface area contributed by atoms with Crippen molar-refractivity contribution < 1.29 is 9.59 Å². The number of hydrogen-bond acceptors (Lipinski definition) is 4. The molecule has 2 aliphatic rings. The summed E-state index contributed by atoms with van der Waals surface area (Å²) in [5.74, 6) is 0.464. The van der Waals surface area contributed by atoms with Gasteiger partial charge in [-0.1, -0.05) is 19.1 Å². The van der Waals surface area contributed by atoms with Crippen LogP contribution in [0.5, 0.6) is 0 Å². The first-order valence-corrected chi connectivity index (χ1v) is 8.59. The molecule has 2 heterocycles. The van der Waals surface area contributed by atoms with Crippen LogP contribution >= 0.6 is 12.4 Å². The van der Waals surface area contributed by atoms with E-state index in [4.69, 9.17) is 0 Å². The molecule has 0 spiro atoms. The molecule has 2 amide bonds. The van der Waals surface area contributed by atoms with Gasteiger partial charge in [-0.15, -0.1) is 12.4 Å². The van der Waals surface area contributed by atoms with Crippen molar-refractivity contribution in [3.8, 4) is 0 Å². The van der Waals surface area contributed by atoms with Gasteiger partial charge in [0.25, 0.3) is 11.8 Å². The van der Waals surface area contributed by atoms with Crippen LogP contribution in [0.1, 0.15) is 40.5 Å². The van der Waals surface area contributed by atoms with Crippen molar-refractivity contribution in [3.05, 3.63) is 35.4 Å². The van der Waals surface area contributed by atoms with Crippen LogP contribution < -0.4 is 5.32 Å². The van der Waals surface area contributed by atoms with E-state index in [1.807, 2.05) is 12.1 Å². The highest BCUT2D eigenvalue weighted by molar-refractivity contribution is 6.21. The molecule has 0 saturated carbocycles. The molecule has 1 aromatic rings. The van der Waals surface area contributed by atoms with E-state index < -0.39 is 0 Å². The van der Waals surface area contributed by atoms with Crippen molar-refractivity contribution >= 4 is 24.2 Å². The molecule has 0 aliphatic carbocycles. The average Bonchev–Trinajstić information content (AvgIpc) is 2.84. The fraction of sp³-hybridized carbons (Fsp3) is 0.556. The highest BCUT2D eigenvalue weighted by Gasteiger charge is 2.35. The van der Waals surface area contributed by atoms with Gasteiger partial charge in [0.15, 0.2) is 0 Å². The maximum absolute atomic E-state index is 12.3. The number of halogens is 1. The number of carbonyl (C=O) groups excluding carboxylic acids is 2. The quantitative estimate of drug-likeness (QED) is 0.797. The maximum atomic E-state index is 12.3. The zero-order valence-corrected chi connectivity index (χ0v) is 15.0. The standard InChI is InChI=1S/C18H25N3O2.ClH/c1-2-19-13-14-7-9-20(10-8-14)11-12-21-17(22)15-5-3-4-6-16(15)18(21)23;/h3-6,14,19H,2,7-13H2,1H3;1H. The summed E-state index contributed by atoms with van der Waals surface area (Å²) in [5.41, 5.74) is 1.09. The molecular weight excluding hydrogens is 326 g/mol. The van der Waals surface area contributed by atoms with Crippen LogP contribution in [0.4, 0.5) is 0 Å². The SMILES string of the molecule is CCNCC1CCN(CCN2C(=O)c3ccccc3C2=O)CC1.Cl. The van der Waals surface area contributed by atoms with Gasteiger partial charge in [-0.3, -0.25) is 14.5 Å². The molecule has 0 unspecified atom stereocenters. The van der Waals surface area contributed by atoms with Crippen LogP contribution in [0.2, 0.25) is 0 Å². The van der Waals surface area contributed by atoms with Crippen molar-refractivity contribution in [2.75, 3.05) is 39.3 Å². The molecule has 1 aromatic carbocycles. The lowest BCUT2D eigenvalue weighted by molar-refractivity contribution is 0.0626. The van der Waals surface area contributed by atoms with Gasteiger partial charge in [-0.2, -0.15) is 0 Å². The van der Waals surface area contributed by atoms with Crippen LogP contribution in [-0.4, -0.2) is 60.9 Å². The third-order valence-electron chi connectivity index (χ3n) is 4.91. The molecule has 0 aromatic heterocycles. The molecule has 24 heavy (non-hydrogen) atoms. The third kappa shape index (κ3) is 3.97. The highest BCUT2D eigenvalue weighted by Crippen LogP contribution is 2.22. The Morgan fingerprint density at radius 2 is 1.62 bits per heavy atom. The van der Waals surface area contributed by atoms with E-state index in [0.717, 1.165) is 38.6 Å². The summed E-state index contributed by atoms with van der Waals surface area (Å²) in [5, 5.41) is 3.42. The Morgan fingerprint density at radius 3 is 2.17 bits per heavy atom. The van der Waals surface area contributed by atoms with Gasteiger partial charge >= 0.3 is 0 Å². The second-order valence-corrected chi connectivity index (χ2v) is 6.40. The summed E-state index contributed by atoms with van der Waals surface area (Å²) >= 11 is 0. The van der Waals surface area contributed by atoms with Crippen LogP contribution in [0.15, 0.2) is 24.3 Å². The van der Waals surface area contributed by atoms with Crippen molar-refractivity contribution in [1.82, 2.24) is 15.1 Å². The minimum Gasteiger partial charge on any atom is -0.317 e. The van der Waals surface area contributed by atoms with E-state index in [9.17, 15) is 9.59 Å². The average molecular weight is 352 g/mol. The number of amides is 2. The van der Waals surface area contributed by atoms with Gasteiger partial charge in [0.2, 0.25) is 0 Å². The smallest absolute Gasteiger partial charge is 0.261 e. The Labute approximate surface area is 149 Å². The lowest BCUT2D eigenvalue weighted by Crippen LogP contribution is -2.42. The predicted molar refractivity (Wildman–Crippen MR) is 96.8 cm³/mol. The fourth-order valence-corrected chi connectivity index (χ4v) is 3.45. The van der Waals surface area contributed by atoms with Crippen molar-refractivity contribution in [2.24, 2.45) is 5.92 Å². The third-order valence-corrected chi connectivity index (χ3v) is 4.91. The number of carbonyl (C=O) groups is 2. The second-order valence-electron chi connectivity index (χ2n) is 6.40. The lowest BCUT2D eigenvalue weighted by Gasteiger charge is -2.32. The molecule has 3 rings (SSSR count). The largest absolute Gasteiger partial charge is 0.317 e. The number of nitrogens with one attached hydrogen (secondary N) is 1. The molecule has 1 N–H and O–H groups in total. The number of piperidine rings is 1. The van der Waals surface area contributed by atoms with E-state index >= 15 is 0 Å². The molecule has 0 atom stereocenters. The van der Waals surface area contributed by atoms with Gasteiger partial charge in [-0.05, 0) is 57.1 Å². The minimum absolute atomic E-state index is 0. The minimum atomic E-state index is -0.146. The van der Waals surface area contributed by atoms with E-state index in [-0.39, 0.29) is 24.2 Å². The number of benzene rings is 1. The Bertz CT molecular complexity index is 550. The second kappa shape index (κ2) is 8.60. The lowest BCUT2D eigenvalue weighted by atomic mass is 9.97. The zero-order valence-electron chi connectivity index (χ0n) is 14.2. The van der Waals surface area contributed by atoms with Crippen LogP contribution in [0.3, 0.4) is 0 Å². The molecule has 132 valence electrons. The summed E-state index contributed by atoms with van der Waals surface area (Å²) < 4.78 is 0. The van der Waals surface area contributed by atoms with Gasteiger partial charge in [-0.25, -0.2) is 0 Å². The van der Waals surface area contributed by atoms with E-state index in [0.29, 0.717) is 17.7 Å². The Hall–Kier alpha value is -1.43. The molecule has 0 bridgehead atoms. The molecule has 6 heteroatoms. The number of rotatable bonds is 6. The number of likely N-dealkylation sites (tertiary alicyclic amines) is 1. The highest BCUT2D eigenvalue weighted by atomic mass is 35.5. The van der Waals surface area contributed by atoms with E-state index in [1.54, 1.807) is 12.1 Å². The first-order valence-electron chi connectivity index (χ1n) is 8.59. The van der Waals surface area contributed by atoms with Crippen molar-refractivity contribution in [3.63, 3.8) is 0 Å². The van der Waals surface area contributed by atoms with Gasteiger partial charge in [0, 0.05) is 13.1 Å². The normalized spacial score (nSPS) is 18.6. The first kappa shape index (κ1) is 18.9. The summed E-state index contributed by atoms with van der Waals surface area (Å²) in [6, 6.07) is 7.09. The number of nitrogens with zero attached hydrogens (tertiary/aromatic N) is 2. The molecular formula is C18H26ClN3O2. The topological polar surface area (TPSA) is 52.6 Å². The van der Waals surface area contributed by atoms with Crippen LogP contribution in [0, 0.1) is 5.92 Å². The Morgan fingerprint density at radius 1 is 1.04 bits per heavy atom. The Balaban J connectivity index is 0.00000208. The van der Waals surface area contributed by atoms with Gasteiger partial charge in [0.1, 0.15) is 0 Å². The summed E-state index contributed by atoms with van der Waals surface area (Å²) in [6.45, 7) is 7.64. The van der Waals surface area contributed by atoms with Crippen LogP contribution in [0.25, 0.3) is 0 Å². The molecule has 2 aliphatic heterocycles. The fourth-order valence-electron chi connectivity index (χ4n) is 3.45. The monoisotopic (exact) mass is 351 g/mol. The Kier molecular flexibility index (Phi) is 6.78. The molecule has 1 saturated heterocycles.